The van der Waals surface area contributed by atoms with Crippen LogP contribution in [0.4, 0.5) is 8.78 Å². The second-order valence-electron chi connectivity index (χ2n) is 3.17. The molecule has 0 aliphatic rings. The summed E-state index contributed by atoms with van der Waals surface area (Å²) in [6.45, 7) is -0.219. The maximum Gasteiger partial charge on any atom is 0.255 e. The molecule has 0 unspecified atom stereocenters. The predicted molar refractivity (Wildman–Crippen MR) is 53.8 cm³/mol. The van der Waals surface area contributed by atoms with Crippen LogP contribution < -0.4 is 15.8 Å². The molecule has 0 atom stereocenters. The predicted octanol–water partition coefficient (Wildman–Crippen LogP) is 0.548. The first-order chi connectivity index (χ1) is 7.54. The van der Waals surface area contributed by atoms with Crippen LogP contribution >= 0.6 is 0 Å². The van der Waals surface area contributed by atoms with Crippen LogP contribution in [0.5, 0.6) is 5.75 Å². The lowest BCUT2D eigenvalue weighted by atomic mass is 10.2. The van der Waals surface area contributed by atoms with E-state index in [1.807, 2.05) is 0 Å². The van der Waals surface area contributed by atoms with Crippen molar-refractivity contribution < 1.29 is 18.3 Å². The number of hydrogen-bond acceptors (Lipinski definition) is 3. The molecule has 0 fully saturated rings. The Hall–Kier alpha value is -1.69. The van der Waals surface area contributed by atoms with Crippen LogP contribution in [0.15, 0.2) is 12.1 Å². The maximum atomic E-state index is 13.3. The van der Waals surface area contributed by atoms with Gasteiger partial charge in [-0.2, -0.15) is 0 Å². The molecule has 1 aromatic carbocycles. The van der Waals surface area contributed by atoms with Crippen molar-refractivity contribution in [2.24, 2.45) is 5.73 Å². The first-order valence-electron chi connectivity index (χ1n) is 4.58. The van der Waals surface area contributed by atoms with E-state index in [0.29, 0.717) is 12.1 Å². The van der Waals surface area contributed by atoms with E-state index in [2.05, 4.69) is 10.1 Å². The Labute approximate surface area is 91.4 Å². The lowest BCUT2D eigenvalue weighted by molar-refractivity contribution is -0.120. The number of benzene rings is 1. The third kappa shape index (κ3) is 3.16. The zero-order valence-corrected chi connectivity index (χ0v) is 8.72. The molecule has 4 nitrogen and oxygen atoms in total. The second-order valence-corrected chi connectivity index (χ2v) is 3.17. The molecule has 0 radical (unpaired) electrons. The van der Waals surface area contributed by atoms with Gasteiger partial charge in [-0.25, -0.2) is 8.78 Å². The fourth-order valence-electron chi connectivity index (χ4n) is 1.20. The fraction of sp³-hybridized carbons (Fsp3) is 0.300. The van der Waals surface area contributed by atoms with Crippen molar-refractivity contribution in [3.05, 3.63) is 29.3 Å². The molecule has 3 N–H and O–H groups in total. The lowest BCUT2D eigenvalue weighted by Gasteiger charge is -2.08. The van der Waals surface area contributed by atoms with E-state index in [9.17, 15) is 13.6 Å². The quantitative estimate of drug-likeness (QED) is 0.776. The molecule has 1 aromatic rings. The van der Waals surface area contributed by atoms with E-state index >= 15 is 0 Å². The first-order valence-corrected chi connectivity index (χ1v) is 4.58. The minimum Gasteiger partial charge on any atom is -0.478 e. The minimum absolute atomic E-state index is 0.337. The average Bonchev–Trinajstić information content (AvgIpc) is 2.16. The van der Waals surface area contributed by atoms with Crippen molar-refractivity contribution in [1.29, 1.82) is 0 Å². The molecule has 0 aliphatic carbocycles. The third-order valence-corrected chi connectivity index (χ3v) is 1.80. The summed E-state index contributed by atoms with van der Waals surface area (Å²) in [7, 11) is 1.66. The minimum atomic E-state index is -0.855. The Morgan fingerprint density at radius 3 is 2.44 bits per heavy atom. The summed E-state index contributed by atoms with van der Waals surface area (Å²) >= 11 is 0. The topological polar surface area (TPSA) is 64.3 Å². The van der Waals surface area contributed by atoms with Crippen LogP contribution in [0.3, 0.4) is 0 Å². The Bertz CT molecular complexity index is 373. The smallest absolute Gasteiger partial charge is 0.255 e. The molecular weight excluding hydrogens is 218 g/mol. The summed E-state index contributed by atoms with van der Waals surface area (Å²) < 4.78 is 31.3. The largest absolute Gasteiger partial charge is 0.478 e. The van der Waals surface area contributed by atoms with Crippen LogP contribution in [0.1, 0.15) is 5.56 Å². The van der Waals surface area contributed by atoms with Gasteiger partial charge in [0.2, 0.25) is 0 Å². The van der Waals surface area contributed by atoms with E-state index in [1.54, 1.807) is 7.05 Å². The van der Waals surface area contributed by atoms with Gasteiger partial charge in [0, 0.05) is 6.54 Å². The number of rotatable bonds is 5. The van der Waals surface area contributed by atoms with Crippen LogP contribution in [0, 0.1) is 11.6 Å². The van der Waals surface area contributed by atoms with Crippen LogP contribution in [-0.2, 0) is 11.3 Å². The molecule has 0 saturated carbocycles. The number of carbonyl (C=O) groups is 1. The Kier molecular flexibility index (Phi) is 4.19. The van der Waals surface area contributed by atoms with E-state index in [1.165, 1.54) is 0 Å². The van der Waals surface area contributed by atoms with Crippen molar-refractivity contribution in [2.75, 3.05) is 13.7 Å². The number of hydrogen-bond donors (Lipinski definition) is 2. The molecule has 0 bridgehead atoms. The molecule has 1 amide bonds. The molecule has 16 heavy (non-hydrogen) atoms. The molecule has 0 aromatic heterocycles. The Morgan fingerprint density at radius 2 is 2.00 bits per heavy atom. The van der Waals surface area contributed by atoms with Crippen molar-refractivity contribution >= 4 is 5.91 Å². The first kappa shape index (κ1) is 12.4. The lowest BCUT2D eigenvalue weighted by Crippen LogP contribution is -2.21. The zero-order valence-electron chi connectivity index (χ0n) is 8.72. The van der Waals surface area contributed by atoms with Crippen molar-refractivity contribution in [1.82, 2.24) is 5.32 Å². The van der Waals surface area contributed by atoms with Gasteiger partial charge in [0.1, 0.15) is 0 Å². The number of primary amides is 1. The summed E-state index contributed by atoms with van der Waals surface area (Å²) in [6, 6.07) is 2.27. The summed E-state index contributed by atoms with van der Waals surface area (Å²) in [4.78, 5) is 10.4. The third-order valence-electron chi connectivity index (χ3n) is 1.80. The molecule has 1 rings (SSSR count). The van der Waals surface area contributed by atoms with Gasteiger partial charge in [-0.3, -0.25) is 4.79 Å². The number of amides is 1. The number of nitrogens with two attached hydrogens (primary N) is 1. The Morgan fingerprint density at radius 1 is 1.44 bits per heavy atom. The fourth-order valence-corrected chi connectivity index (χ4v) is 1.20. The SMILES string of the molecule is CNCc1cc(F)c(OCC(N)=O)c(F)c1. The highest BCUT2D eigenvalue weighted by Crippen LogP contribution is 2.23. The van der Waals surface area contributed by atoms with Gasteiger partial charge in [0.25, 0.3) is 5.91 Å². The average molecular weight is 230 g/mol. The monoisotopic (exact) mass is 230 g/mol. The number of nitrogens with one attached hydrogen (secondary N) is 1. The van der Waals surface area contributed by atoms with Crippen LogP contribution in [0.2, 0.25) is 0 Å². The van der Waals surface area contributed by atoms with Crippen molar-refractivity contribution in [3.8, 4) is 5.75 Å². The normalized spacial score (nSPS) is 10.2. The van der Waals surface area contributed by atoms with Crippen LogP contribution in [0.25, 0.3) is 0 Å². The van der Waals surface area contributed by atoms with Gasteiger partial charge in [-0.15, -0.1) is 0 Å². The summed E-state index contributed by atoms with van der Waals surface area (Å²) in [6.07, 6.45) is 0. The highest BCUT2D eigenvalue weighted by atomic mass is 19.1. The summed E-state index contributed by atoms with van der Waals surface area (Å²) in [5.41, 5.74) is 5.25. The zero-order chi connectivity index (χ0) is 12.1. The van der Waals surface area contributed by atoms with E-state index in [0.717, 1.165) is 12.1 Å². The van der Waals surface area contributed by atoms with Gasteiger partial charge in [-0.1, -0.05) is 0 Å². The summed E-state index contributed by atoms with van der Waals surface area (Å²) in [5, 5.41) is 2.76. The number of halogens is 2. The molecular formula is C10H12F2N2O2. The molecule has 6 heteroatoms. The highest BCUT2D eigenvalue weighted by Gasteiger charge is 2.13. The second kappa shape index (κ2) is 5.41. The number of ether oxygens (including phenoxy) is 1. The van der Waals surface area contributed by atoms with E-state index in [-0.39, 0.29) is 0 Å². The number of carbonyl (C=O) groups excluding carboxylic acids is 1. The molecule has 0 spiro atoms. The highest BCUT2D eigenvalue weighted by molar-refractivity contribution is 5.75. The van der Waals surface area contributed by atoms with Crippen molar-refractivity contribution in [3.63, 3.8) is 0 Å². The summed E-state index contributed by atoms with van der Waals surface area (Å²) in [5.74, 6) is -3.09. The maximum absolute atomic E-state index is 13.3. The molecule has 0 heterocycles. The van der Waals surface area contributed by atoms with Gasteiger partial charge < -0.3 is 15.8 Å². The molecule has 88 valence electrons. The molecule has 0 aliphatic heterocycles. The van der Waals surface area contributed by atoms with Gasteiger partial charge in [0.15, 0.2) is 24.0 Å². The van der Waals surface area contributed by atoms with Crippen LogP contribution in [-0.4, -0.2) is 19.6 Å². The van der Waals surface area contributed by atoms with Gasteiger partial charge in [0.05, 0.1) is 0 Å². The standard InChI is InChI=1S/C10H12F2N2O2/c1-14-4-6-2-7(11)10(8(12)3-6)16-5-9(13)15/h2-3,14H,4-5H2,1H3,(H2,13,15). The molecule has 0 saturated heterocycles. The van der Waals surface area contributed by atoms with Gasteiger partial charge in [-0.05, 0) is 24.7 Å². The Balaban J connectivity index is 2.89. The van der Waals surface area contributed by atoms with Crippen molar-refractivity contribution in [2.45, 2.75) is 6.54 Å². The van der Waals surface area contributed by atoms with E-state index < -0.39 is 29.9 Å². The van der Waals surface area contributed by atoms with E-state index in [4.69, 9.17) is 5.73 Å². The van der Waals surface area contributed by atoms with Gasteiger partial charge >= 0.3 is 0 Å².